The van der Waals surface area contributed by atoms with Crippen molar-refractivity contribution in [2.24, 2.45) is 0 Å². The Morgan fingerprint density at radius 2 is 1.31 bits per heavy atom. The Kier molecular flexibility index (Phi) is 5.83. The van der Waals surface area contributed by atoms with Crippen molar-refractivity contribution in [3.05, 3.63) is 78.6 Å². The van der Waals surface area contributed by atoms with Crippen molar-refractivity contribution >= 4 is 23.1 Å². The first-order valence-electron chi connectivity index (χ1n) is 8.89. The summed E-state index contributed by atoms with van der Waals surface area (Å²) in [7, 11) is 3.31. The van der Waals surface area contributed by atoms with Crippen LogP contribution in [0.3, 0.4) is 0 Å². The molecule has 1 heterocycles. The Hall–Kier alpha value is -2.83. The molecule has 0 amide bonds. The molecule has 0 aliphatic carbocycles. The normalized spacial score (nSPS) is 10.7. The predicted octanol–water partition coefficient (Wildman–Crippen LogP) is 6.78. The van der Waals surface area contributed by atoms with Crippen LogP contribution in [0.1, 0.15) is 0 Å². The maximum Gasteiger partial charge on any atom is 0.155 e. The van der Waals surface area contributed by atoms with Gasteiger partial charge in [0.15, 0.2) is 4.34 Å². The van der Waals surface area contributed by atoms with Crippen LogP contribution in [0.5, 0.6) is 11.5 Å². The standard InChI is InChI=1S/C23H18FNO2S2/c1-26-18-9-3-15(4-10-18)21-22(16-5-11-19(27-2)12-6-16)29-23(25-21)28-20-13-7-17(24)8-14-20/h3-14H,1-2H3. The molecular formula is C23H18FNO2S2. The third kappa shape index (κ3) is 4.44. The fourth-order valence-electron chi connectivity index (χ4n) is 2.83. The van der Waals surface area contributed by atoms with Gasteiger partial charge in [0.05, 0.1) is 24.8 Å². The van der Waals surface area contributed by atoms with Gasteiger partial charge in [0.25, 0.3) is 0 Å². The Morgan fingerprint density at radius 1 is 0.759 bits per heavy atom. The Bertz CT molecular complexity index is 1030. The van der Waals surface area contributed by atoms with Crippen LogP contribution in [-0.2, 0) is 0 Å². The third-order valence-corrected chi connectivity index (χ3v) is 6.51. The first kappa shape index (κ1) is 19.5. The fraction of sp³-hybridized carbons (Fsp3) is 0.0870. The Labute approximate surface area is 177 Å². The summed E-state index contributed by atoms with van der Waals surface area (Å²) in [5, 5.41) is 0. The molecule has 3 nitrogen and oxygen atoms in total. The van der Waals surface area contributed by atoms with Gasteiger partial charge < -0.3 is 9.47 Å². The zero-order valence-corrected chi connectivity index (χ0v) is 17.5. The van der Waals surface area contributed by atoms with Crippen molar-refractivity contribution in [1.29, 1.82) is 0 Å². The minimum Gasteiger partial charge on any atom is -0.497 e. The van der Waals surface area contributed by atoms with Crippen LogP contribution in [-0.4, -0.2) is 19.2 Å². The molecule has 0 aliphatic heterocycles. The van der Waals surface area contributed by atoms with Gasteiger partial charge in [-0.1, -0.05) is 11.8 Å². The average molecular weight is 424 g/mol. The molecular weight excluding hydrogens is 405 g/mol. The van der Waals surface area contributed by atoms with Gasteiger partial charge in [-0.15, -0.1) is 11.3 Å². The van der Waals surface area contributed by atoms with Crippen molar-refractivity contribution in [2.75, 3.05) is 14.2 Å². The molecule has 0 unspecified atom stereocenters. The van der Waals surface area contributed by atoms with E-state index in [1.807, 2.05) is 48.5 Å². The van der Waals surface area contributed by atoms with E-state index in [4.69, 9.17) is 14.5 Å². The maximum atomic E-state index is 13.2. The molecule has 146 valence electrons. The van der Waals surface area contributed by atoms with Crippen LogP contribution in [0.25, 0.3) is 21.7 Å². The molecule has 0 spiro atoms. The van der Waals surface area contributed by atoms with E-state index in [1.165, 1.54) is 23.9 Å². The summed E-state index contributed by atoms with van der Waals surface area (Å²) in [6.45, 7) is 0. The van der Waals surface area contributed by atoms with Crippen LogP contribution in [0.2, 0.25) is 0 Å². The van der Waals surface area contributed by atoms with Gasteiger partial charge in [-0.3, -0.25) is 0 Å². The van der Waals surface area contributed by atoms with Crippen molar-refractivity contribution in [3.8, 4) is 33.2 Å². The minimum atomic E-state index is -0.244. The molecule has 0 fully saturated rings. The maximum absolute atomic E-state index is 13.2. The molecule has 0 atom stereocenters. The highest BCUT2D eigenvalue weighted by Crippen LogP contribution is 2.42. The zero-order valence-electron chi connectivity index (χ0n) is 15.9. The summed E-state index contributed by atoms with van der Waals surface area (Å²) < 4.78 is 24.7. The first-order valence-corrected chi connectivity index (χ1v) is 10.5. The summed E-state index contributed by atoms with van der Waals surface area (Å²) in [6.07, 6.45) is 0. The summed E-state index contributed by atoms with van der Waals surface area (Å²) >= 11 is 3.14. The lowest BCUT2D eigenvalue weighted by Gasteiger charge is -2.05. The molecule has 0 radical (unpaired) electrons. The second-order valence-corrected chi connectivity index (χ2v) is 8.49. The second-order valence-electron chi connectivity index (χ2n) is 6.17. The van der Waals surface area contributed by atoms with Crippen molar-refractivity contribution in [1.82, 2.24) is 4.98 Å². The van der Waals surface area contributed by atoms with Crippen LogP contribution in [0.15, 0.2) is 82.0 Å². The van der Waals surface area contributed by atoms with E-state index in [0.717, 1.165) is 42.4 Å². The molecule has 3 aromatic carbocycles. The summed E-state index contributed by atoms with van der Waals surface area (Å²) in [5.74, 6) is 1.37. The van der Waals surface area contributed by atoms with Crippen molar-refractivity contribution in [2.45, 2.75) is 9.24 Å². The number of methoxy groups -OCH3 is 2. The molecule has 0 saturated heterocycles. The van der Waals surface area contributed by atoms with E-state index in [0.29, 0.717) is 0 Å². The number of ether oxygens (including phenoxy) is 2. The quantitative estimate of drug-likeness (QED) is 0.342. The smallest absolute Gasteiger partial charge is 0.155 e. The highest BCUT2D eigenvalue weighted by atomic mass is 32.2. The number of benzene rings is 3. The van der Waals surface area contributed by atoms with Crippen LogP contribution in [0, 0.1) is 5.82 Å². The molecule has 0 saturated carbocycles. The number of halogens is 1. The molecule has 29 heavy (non-hydrogen) atoms. The fourth-order valence-corrected chi connectivity index (χ4v) is 4.97. The largest absolute Gasteiger partial charge is 0.497 e. The van der Waals surface area contributed by atoms with Gasteiger partial charge in [-0.2, -0.15) is 0 Å². The molecule has 0 N–H and O–H groups in total. The Morgan fingerprint density at radius 3 is 1.86 bits per heavy atom. The van der Waals surface area contributed by atoms with Crippen LogP contribution >= 0.6 is 23.1 Å². The lowest BCUT2D eigenvalue weighted by Crippen LogP contribution is -1.86. The first-order chi connectivity index (χ1) is 14.2. The zero-order chi connectivity index (χ0) is 20.2. The molecule has 1 aromatic heterocycles. The monoisotopic (exact) mass is 423 g/mol. The van der Waals surface area contributed by atoms with Gasteiger partial charge in [-0.05, 0) is 78.4 Å². The van der Waals surface area contributed by atoms with E-state index < -0.39 is 0 Å². The molecule has 0 bridgehead atoms. The highest BCUT2D eigenvalue weighted by molar-refractivity contribution is 8.01. The second kappa shape index (κ2) is 8.68. The Balaban J connectivity index is 1.75. The summed E-state index contributed by atoms with van der Waals surface area (Å²) in [5.41, 5.74) is 2.99. The molecule has 6 heteroatoms. The topological polar surface area (TPSA) is 31.4 Å². The van der Waals surface area contributed by atoms with E-state index in [2.05, 4.69) is 0 Å². The van der Waals surface area contributed by atoms with Gasteiger partial charge in [0, 0.05) is 10.5 Å². The highest BCUT2D eigenvalue weighted by Gasteiger charge is 2.16. The van der Waals surface area contributed by atoms with E-state index >= 15 is 0 Å². The summed E-state index contributed by atoms with van der Waals surface area (Å²) in [4.78, 5) is 6.91. The van der Waals surface area contributed by atoms with Gasteiger partial charge in [-0.25, -0.2) is 9.37 Å². The minimum absolute atomic E-state index is 0.244. The van der Waals surface area contributed by atoms with E-state index in [1.54, 1.807) is 37.7 Å². The van der Waals surface area contributed by atoms with Gasteiger partial charge in [0.1, 0.15) is 17.3 Å². The lowest BCUT2D eigenvalue weighted by atomic mass is 10.1. The molecule has 0 aliphatic rings. The lowest BCUT2D eigenvalue weighted by molar-refractivity contribution is 0.414. The third-order valence-electron chi connectivity index (χ3n) is 4.34. The van der Waals surface area contributed by atoms with Crippen LogP contribution < -0.4 is 9.47 Å². The number of hydrogen-bond donors (Lipinski definition) is 0. The molecule has 4 aromatic rings. The SMILES string of the molecule is COc1ccc(-c2nc(Sc3ccc(F)cc3)sc2-c2ccc(OC)cc2)cc1. The van der Waals surface area contributed by atoms with Crippen molar-refractivity contribution < 1.29 is 13.9 Å². The number of aromatic nitrogens is 1. The molecule has 4 rings (SSSR count). The average Bonchev–Trinajstić information content (AvgIpc) is 3.19. The number of hydrogen-bond acceptors (Lipinski definition) is 5. The van der Waals surface area contributed by atoms with Gasteiger partial charge in [0.2, 0.25) is 0 Å². The van der Waals surface area contributed by atoms with E-state index in [-0.39, 0.29) is 5.82 Å². The van der Waals surface area contributed by atoms with Gasteiger partial charge >= 0.3 is 0 Å². The van der Waals surface area contributed by atoms with Crippen molar-refractivity contribution in [3.63, 3.8) is 0 Å². The van der Waals surface area contributed by atoms with E-state index in [9.17, 15) is 4.39 Å². The number of rotatable bonds is 6. The number of thiazole rings is 1. The summed E-state index contributed by atoms with van der Waals surface area (Å²) in [6, 6.07) is 22.3. The number of nitrogens with zero attached hydrogens (tertiary/aromatic N) is 1. The van der Waals surface area contributed by atoms with Crippen LogP contribution in [0.4, 0.5) is 4.39 Å². The predicted molar refractivity (Wildman–Crippen MR) is 117 cm³/mol.